The smallest absolute Gasteiger partial charge is 0.238 e. The molecule has 1 N–H and O–H groups in total. The lowest BCUT2D eigenvalue weighted by molar-refractivity contribution is -0.120. The number of carbonyl (C=O) groups is 1. The summed E-state index contributed by atoms with van der Waals surface area (Å²) in [6.07, 6.45) is 1.75. The van der Waals surface area contributed by atoms with Crippen molar-refractivity contribution in [2.24, 2.45) is 0 Å². The van der Waals surface area contributed by atoms with Gasteiger partial charge >= 0.3 is 0 Å². The third-order valence-electron chi connectivity index (χ3n) is 3.75. The predicted molar refractivity (Wildman–Crippen MR) is 80.5 cm³/mol. The number of carbonyl (C=O) groups excluding carboxylic acids is 1. The Labute approximate surface area is 129 Å². The zero-order valence-corrected chi connectivity index (χ0v) is 13.2. The van der Waals surface area contributed by atoms with Crippen molar-refractivity contribution in [3.8, 4) is 0 Å². The van der Waals surface area contributed by atoms with Gasteiger partial charge in [0, 0.05) is 18.7 Å². The van der Waals surface area contributed by atoms with E-state index in [0.29, 0.717) is 13.2 Å². The van der Waals surface area contributed by atoms with Crippen LogP contribution in [0.25, 0.3) is 0 Å². The highest BCUT2D eigenvalue weighted by atomic mass is 32.2. The minimum Gasteiger partial charge on any atom is -0.376 e. The van der Waals surface area contributed by atoms with E-state index in [-0.39, 0.29) is 11.7 Å². The van der Waals surface area contributed by atoms with Crippen molar-refractivity contribution in [2.45, 2.75) is 36.9 Å². The molecule has 1 heterocycles. The van der Waals surface area contributed by atoms with Crippen LogP contribution in [-0.4, -0.2) is 38.8 Å². The van der Waals surface area contributed by atoms with Gasteiger partial charge in [0.25, 0.3) is 0 Å². The quantitative estimate of drug-likeness (QED) is 0.857. The molecule has 2 rings (SSSR count). The molecule has 0 aromatic heterocycles. The summed E-state index contributed by atoms with van der Waals surface area (Å²) in [7, 11) is -3.77. The average molecular weight is 329 g/mol. The SMILES string of the molecule is C[C@H](C(=O)NC[C@@H]1CCCO1)S(=O)(=O)Cc1ccccc1F. The molecular weight excluding hydrogens is 309 g/mol. The molecule has 0 unspecified atom stereocenters. The van der Waals surface area contributed by atoms with Gasteiger partial charge in [-0.2, -0.15) is 0 Å². The number of amides is 1. The maximum absolute atomic E-state index is 13.6. The Morgan fingerprint density at radius 2 is 2.18 bits per heavy atom. The molecule has 1 aromatic carbocycles. The van der Waals surface area contributed by atoms with E-state index in [4.69, 9.17) is 4.74 Å². The Morgan fingerprint density at radius 1 is 1.45 bits per heavy atom. The van der Waals surface area contributed by atoms with Gasteiger partial charge in [0.1, 0.15) is 11.1 Å². The Kier molecular flexibility index (Phi) is 5.52. The molecule has 0 radical (unpaired) electrons. The van der Waals surface area contributed by atoms with E-state index < -0.39 is 32.6 Å². The van der Waals surface area contributed by atoms with E-state index in [0.717, 1.165) is 12.8 Å². The molecular formula is C15H20FNO4S. The van der Waals surface area contributed by atoms with Crippen molar-refractivity contribution in [2.75, 3.05) is 13.2 Å². The summed E-state index contributed by atoms with van der Waals surface area (Å²) in [5, 5.41) is 1.37. The van der Waals surface area contributed by atoms with E-state index in [1.165, 1.54) is 25.1 Å². The Hall–Kier alpha value is -1.47. The van der Waals surface area contributed by atoms with Crippen LogP contribution >= 0.6 is 0 Å². The van der Waals surface area contributed by atoms with Gasteiger partial charge in [-0.05, 0) is 25.8 Å². The number of rotatable bonds is 6. The Bertz CT molecular complexity index is 626. The maximum Gasteiger partial charge on any atom is 0.238 e. The molecule has 7 heteroatoms. The summed E-state index contributed by atoms with van der Waals surface area (Å²) in [6.45, 7) is 2.29. The first kappa shape index (κ1) is 16.9. The number of halogens is 1. The van der Waals surface area contributed by atoms with E-state index in [2.05, 4.69) is 5.32 Å². The zero-order chi connectivity index (χ0) is 16.2. The van der Waals surface area contributed by atoms with E-state index in [9.17, 15) is 17.6 Å². The highest BCUT2D eigenvalue weighted by molar-refractivity contribution is 7.92. The maximum atomic E-state index is 13.6. The molecule has 1 amide bonds. The molecule has 2 atom stereocenters. The molecule has 0 saturated carbocycles. The van der Waals surface area contributed by atoms with Crippen molar-refractivity contribution in [3.05, 3.63) is 35.6 Å². The summed E-state index contributed by atoms with van der Waals surface area (Å²) < 4.78 is 43.4. The lowest BCUT2D eigenvalue weighted by Crippen LogP contribution is -2.41. The van der Waals surface area contributed by atoms with E-state index in [1.54, 1.807) is 6.07 Å². The zero-order valence-electron chi connectivity index (χ0n) is 12.4. The van der Waals surface area contributed by atoms with Crippen LogP contribution in [0, 0.1) is 5.82 Å². The number of nitrogens with one attached hydrogen (secondary N) is 1. The second-order valence-corrected chi connectivity index (χ2v) is 7.74. The van der Waals surface area contributed by atoms with Gasteiger partial charge in [0.15, 0.2) is 9.84 Å². The first-order chi connectivity index (χ1) is 10.4. The topological polar surface area (TPSA) is 72.5 Å². The number of hydrogen-bond acceptors (Lipinski definition) is 4. The molecule has 0 spiro atoms. The summed E-state index contributed by atoms with van der Waals surface area (Å²) in [4.78, 5) is 12.0. The van der Waals surface area contributed by atoms with Crippen LogP contribution in [0.2, 0.25) is 0 Å². The second-order valence-electron chi connectivity index (χ2n) is 5.42. The van der Waals surface area contributed by atoms with Crippen LogP contribution in [0.15, 0.2) is 24.3 Å². The van der Waals surface area contributed by atoms with E-state index in [1.807, 2.05) is 0 Å². The first-order valence-electron chi connectivity index (χ1n) is 7.24. The van der Waals surface area contributed by atoms with Crippen LogP contribution in [0.5, 0.6) is 0 Å². The highest BCUT2D eigenvalue weighted by Gasteiger charge is 2.29. The van der Waals surface area contributed by atoms with Crippen LogP contribution in [0.1, 0.15) is 25.3 Å². The lowest BCUT2D eigenvalue weighted by atomic mass is 10.2. The van der Waals surface area contributed by atoms with Crippen LogP contribution in [-0.2, 0) is 25.1 Å². The summed E-state index contributed by atoms with van der Waals surface area (Å²) in [6, 6.07) is 5.66. The fourth-order valence-corrected chi connectivity index (χ4v) is 3.61. The van der Waals surface area contributed by atoms with Gasteiger partial charge in [-0.1, -0.05) is 18.2 Å². The summed E-state index contributed by atoms with van der Waals surface area (Å²) >= 11 is 0. The van der Waals surface area contributed by atoms with Gasteiger partial charge in [-0.3, -0.25) is 4.79 Å². The molecule has 5 nitrogen and oxygen atoms in total. The van der Waals surface area contributed by atoms with Crippen LogP contribution in [0.4, 0.5) is 4.39 Å². The van der Waals surface area contributed by atoms with Crippen molar-refractivity contribution in [1.82, 2.24) is 5.32 Å². The standard InChI is InChI=1S/C15H20FNO4S/c1-11(15(18)17-9-13-6-4-8-21-13)22(19,20)10-12-5-2-3-7-14(12)16/h2-3,5,7,11,13H,4,6,8-10H2,1H3,(H,17,18)/t11-,13+/m1/s1. The number of benzene rings is 1. The minimum absolute atomic E-state index is 0.0505. The second kappa shape index (κ2) is 7.19. The van der Waals surface area contributed by atoms with Crippen molar-refractivity contribution in [3.63, 3.8) is 0 Å². The summed E-state index contributed by atoms with van der Waals surface area (Å²) in [5.74, 6) is -1.65. The third-order valence-corrected chi connectivity index (χ3v) is 5.76. The Balaban J connectivity index is 1.95. The molecule has 1 saturated heterocycles. The van der Waals surface area contributed by atoms with Crippen molar-refractivity contribution < 1.29 is 22.3 Å². The van der Waals surface area contributed by atoms with Gasteiger partial charge in [0.2, 0.25) is 5.91 Å². The van der Waals surface area contributed by atoms with Gasteiger partial charge in [-0.15, -0.1) is 0 Å². The molecule has 0 bridgehead atoms. The molecule has 1 aliphatic rings. The monoisotopic (exact) mass is 329 g/mol. The number of ether oxygens (including phenoxy) is 1. The number of sulfone groups is 1. The van der Waals surface area contributed by atoms with Gasteiger partial charge in [-0.25, -0.2) is 12.8 Å². The van der Waals surface area contributed by atoms with Gasteiger partial charge in [0.05, 0.1) is 11.9 Å². The molecule has 122 valence electrons. The predicted octanol–water partition coefficient (Wildman–Crippen LogP) is 1.42. The average Bonchev–Trinajstić information content (AvgIpc) is 2.99. The molecule has 0 aliphatic carbocycles. The normalized spacial score (nSPS) is 19.8. The fraction of sp³-hybridized carbons (Fsp3) is 0.533. The van der Waals surface area contributed by atoms with Crippen molar-refractivity contribution >= 4 is 15.7 Å². The molecule has 1 aliphatic heterocycles. The molecule has 1 fully saturated rings. The first-order valence-corrected chi connectivity index (χ1v) is 8.96. The largest absolute Gasteiger partial charge is 0.376 e. The highest BCUT2D eigenvalue weighted by Crippen LogP contribution is 2.15. The summed E-state index contributed by atoms with van der Waals surface area (Å²) in [5.41, 5.74) is 0.0706. The fourth-order valence-electron chi connectivity index (χ4n) is 2.28. The Morgan fingerprint density at radius 3 is 2.82 bits per heavy atom. The van der Waals surface area contributed by atoms with Crippen LogP contribution in [0.3, 0.4) is 0 Å². The van der Waals surface area contributed by atoms with E-state index >= 15 is 0 Å². The minimum atomic E-state index is -3.77. The molecule has 1 aromatic rings. The van der Waals surface area contributed by atoms with Gasteiger partial charge < -0.3 is 10.1 Å². The lowest BCUT2D eigenvalue weighted by Gasteiger charge is -2.15. The van der Waals surface area contributed by atoms with Crippen molar-refractivity contribution in [1.29, 1.82) is 0 Å². The molecule has 22 heavy (non-hydrogen) atoms. The third kappa shape index (κ3) is 4.27. The number of hydrogen-bond donors (Lipinski definition) is 1. The van der Waals surface area contributed by atoms with Crippen LogP contribution < -0.4 is 5.32 Å².